The summed E-state index contributed by atoms with van der Waals surface area (Å²) < 4.78 is 0. The summed E-state index contributed by atoms with van der Waals surface area (Å²) in [5, 5.41) is 8.17. The molecule has 0 radical (unpaired) electrons. The maximum Gasteiger partial charge on any atom is 0.139 e. The predicted molar refractivity (Wildman–Crippen MR) is 108 cm³/mol. The van der Waals surface area contributed by atoms with Gasteiger partial charge in [-0.25, -0.2) is 4.98 Å². The molecule has 1 aliphatic heterocycles. The maximum atomic E-state index is 4.58. The third-order valence-electron chi connectivity index (χ3n) is 5.01. The molecule has 1 aliphatic rings. The molecule has 136 valence electrons. The predicted octanol–water partition coefficient (Wildman–Crippen LogP) is 2.53. The van der Waals surface area contributed by atoms with E-state index in [4.69, 9.17) is 0 Å². The number of pyridine rings is 1. The first-order valence-electron chi connectivity index (χ1n) is 9.24. The van der Waals surface area contributed by atoms with Gasteiger partial charge in [0.25, 0.3) is 0 Å². The minimum atomic E-state index is 0.712. The fraction of sp³-hybridized carbons (Fsp3) is 0.250. The molecule has 3 N–H and O–H groups in total. The van der Waals surface area contributed by atoms with E-state index in [1.165, 1.54) is 11.3 Å². The molecule has 5 rings (SSSR count). The summed E-state index contributed by atoms with van der Waals surface area (Å²) in [7, 11) is 0. The summed E-state index contributed by atoms with van der Waals surface area (Å²) in [6.07, 6.45) is 7.33. The van der Waals surface area contributed by atoms with Crippen LogP contribution < -0.4 is 15.5 Å². The number of nitrogens with zero attached hydrogens (tertiary/aromatic N) is 4. The van der Waals surface area contributed by atoms with Gasteiger partial charge in [-0.05, 0) is 23.8 Å². The lowest BCUT2D eigenvalue weighted by Gasteiger charge is -2.31. The monoisotopic (exact) mass is 359 g/mol. The van der Waals surface area contributed by atoms with Gasteiger partial charge in [0.1, 0.15) is 5.65 Å². The summed E-state index contributed by atoms with van der Waals surface area (Å²) in [6, 6.07) is 8.31. The van der Waals surface area contributed by atoms with Crippen molar-refractivity contribution in [3.05, 3.63) is 54.6 Å². The van der Waals surface area contributed by atoms with Gasteiger partial charge in [-0.15, -0.1) is 0 Å². The molecule has 0 aliphatic carbocycles. The first kappa shape index (κ1) is 16.0. The van der Waals surface area contributed by atoms with E-state index in [1.54, 1.807) is 12.4 Å². The van der Waals surface area contributed by atoms with Gasteiger partial charge >= 0.3 is 0 Å². The highest BCUT2D eigenvalue weighted by Gasteiger charge is 2.18. The molecule has 1 saturated heterocycles. The van der Waals surface area contributed by atoms with Crippen LogP contribution >= 0.6 is 0 Å². The number of aromatic amines is 1. The fourth-order valence-electron chi connectivity index (χ4n) is 3.67. The van der Waals surface area contributed by atoms with Crippen LogP contribution in [0.5, 0.6) is 0 Å². The summed E-state index contributed by atoms with van der Waals surface area (Å²) in [5.41, 5.74) is 6.21. The SMILES string of the molecule is c1cnc2cc(CNc3cnc4[nH]ccc4c3N3CCNCC3)ccc2n1. The molecule has 0 bridgehead atoms. The van der Waals surface area contributed by atoms with Crippen molar-refractivity contribution in [1.29, 1.82) is 0 Å². The number of hydrogen-bond donors (Lipinski definition) is 3. The number of rotatable bonds is 4. The van der Waals surface area contributed by atoms with Crippen molar-refractivity contribution < 1.29 is 0 Å². The first-order chi connectivity index (χ1) is 13.4. The van der Waals surface area contributed by atoms with Crippen LogP contribution in [0.3, 0.4) is 0 Å². The molecule has 1 aromatic carbocycles. The smallest absolute Gasteiger partial charge is 0.139 e. The first-order valence-corrected chi connectivity index (χ1v) is 9.24. The maximum absolute atomic E-state index is 4.58. The van der Waals surface area contributed by atoms with Crippen molar-refractivity contribution in [2.75, 3.05) is 36.4 Å². The Hall–Kier alpha value is -3.19. The quantitative estimate of drug-likeness (QED) is 0.519. The Bertz CT molecular complexity index is 1080. The molecule has 1 fully saturated rings. The summed E-state index contributed by atoms with van der Waals surface area (Å²) in [5.74, 6) is 0. The molecule has 7 nitrogen and oxygen atoms in total. The molecule has 0 spiro atoms. The molecule has 27 heavy (non-hydrogen) atoms. The molecule has 0 amide bonds. The molecule has 3 aromatic heterocycles. The number of anilines is 2. The van der Waals surface area contributed by atoms with Gasteiger partial charge in [0, 0.05) is 56.7 Å². The number of piperazine rings is 1. The Labute approximate surface area is 156 Å². The second-order valence-corrected chi connectivity index (χ2v) is 6.73. The average Bonchev–Trinajstić information content (AvgIpc) is 3.21. The van der Waals surface area contributed by atoms with Crippen LogP contribution in [-0.4, -0.2) is 46.1 Å². The number of fused-ring (bicyclic) bond motifs is 2. The van der Waals surface area contributed by atoms with E-state index in [0.717, 1.165) is 53.9 Å². The van der Waals surface area contributed by atoms with Crippen molar-refractivity contribution in [2.24, 2.45) is 0 Å². The second-order valence-electron chi connectivity index (χ2n) is 6.73. The normalized spacial score (nSPS) is 14.7. The number of nitrogens with one attached hydrogen (secondary N) is 3. The number of aromatic nitrogens is 4. The third kappa shape index (κ3) is 3.06. The van der Waals surface area contributed by atoms with Crippen LogP contribution in [0, 0.1) is 0 Å². The van der Waals surface area contributed by atoms with Gasteiger partial charge in [0.2, 0.25) is 0 Å². The summed E-state index contributed by atoms with van der Waals surface area (Å²) in [6.45, 7) is 4.69. The minimum absolute atomic E-state index is 0.712. The van der Waals surface area contributed by atoms with E-state index in [0.29, 0.717) is 6.54 Å². The Morgan fingerprint density at radius 3 is 2.74 bits per heavy atom. The van der Waals surface area contributed by atoms with E-state index in [9.17, 15) is 0 Å². The van der Waals surface area contributed by atoms with Gasteiger partial charge in [-0.1, -0.05) is 6.07 Å². The van der Waals surface area contributed by atoms with Crippen LogP contribution in [-0.2, 0) is 6.54 Å². The number of benzene rings is 1. The second kappa shape index (κ2) is 6.85. The lowest BCUT2D eigenvalue weighted by Crippen LogP contribution is -2.43. The van der Waals surface area contributed by atoms with E-state index >= 15 is 0 Å². The molecule has 0 atom stereocenters. The molecular weight excluding hydrogens is 338 g/mol. The Balaban J connectivity index is 1.46. The van der Waals surface area contributed by atoms with Crippen molar-refractivity contribution in [1.82, 2.24) is 25.3 Å². The van der Waals surface area contributed by atoms with Crippen molar-refractivity contribution >= 4 is 33.4 Å². The van der Waals surface area contributed by atoms with E-state index in [2.05, 4.69) is 53.7 Å². The average molecular weight is 359 g/mol. The zero-order chi connectivity index (χ0) is 18.1. The van der Waals surface area contributed by atoms with Crippen molar-refractivity contribution in [3.63, 3.8) is 0 Å². The van der Waals surface area contributed by atoms with E-state index in [1.807, 2.05) is 18.5 Å². The minimum Gasteiger partial charge on any atom is -0.378 e. The highest BCUT2D eigenvalue weighted by Crippen LogP contribution is 2.33. The van der Waals surface area contributed by atoms with E-state index < -0.39 is 0 Å². The number of H-pyrrole nitrogens is 1. The van der Waals surface area contributed by atoms with Gasteiger partial charge in [0.05, 0.1) is 28.6 Å². The molecule has 4 aromatic rings. The highest BCUT2D eigenvalue weighted by atomic mass is 15.2. The topological polar surface area (TPSA) is 81.8 Å². The van der Waals surface area contributed by atoms with Crippen LogP contribution in [0.1, 0.15) is 5.56 Å². The molecule has 0 saturated carbocycles. The summed E-state index contributed by atoms with van der Waals surface area (Å²) >= 11 is 0. The van der Waals surface area contributed by atoms with Crippen LogP contribution in [0.2, 0.25) is 0 Å². The largest absolute Gasteiger partial charge is 0.378 e. The standard InChI is InChI=1S/C20H21N7/c1-2-16-17(23-6-5-22-16)11-14(1)12-25-18-13-26-20-15(3-4-24-20)19(18)27-9-7-21-8-10-27/h1-6,11,13,21,25H,7-10,12H2,(H,24,26). The van der Waals surface area contributed by atoms with E-state index in [-0.39, 0.29) is 0 Å². The van der Waals surface area contributed by atoms with Crippen LogP contribution in [0.4, 0.5) is 11.4 Å². The van der Waals surface area contributed by atoms with Crippen LogP contribution in [0.15, 0.2) is 49.1 Å². The van der Waals surface area contributed by atoms with Gasteiger partial charge in [-0.3, -0.25) is 9.97 Å². The molecule has 7 heteroatoms. The molecular formula is C20H21N7. The van der Waals surface area contributed by atoms with Gasteiger partial charge in [-0.2, -0.15) is 0 Å². The molecule has 0 unspecified atom stereocenters. The zero-order valence-corrected chi connectivity index (χ0v) is 14.9. The lowest BCUT2D eigenvalue weighted by molar-refractivity contribution is 0.590. The Morgan fingerprint density at radius 1 is 1.00 bits per heavy atom. The van der Waals surface area contributed by atoms with Crippen LogP contribution in [0.25, 0.3) is 22.1 Å². The van der Waals surface area contributed by atoms with Crippen molar-refractivity contribution in [2.45, 2.75) is 6.54 Å². The third-order valence-corrected chi connectivity index (χ3v) is 5.01. The van der Waals surface area contributed by atoms with Crippen molar-refractivity contribution in [3.8, 4) is 0 Å². The lowest BCUT2D eigenvalue weighted by atomic mass is 10.1. The summed E-state index contributed by atoms with van der Waals surface area (Å²) in [4.78, 5) is 19.0. The number of hydrogen-bond acceptors (Lipinski definition) is 6. The van der Waals surface area contributed by atoms with Gasteiger partial charge < -0.3 is 20.5 Å². The Morgan fingerprint density at radius 2 is 1.85 bits per heavy atom. The van der Waals surface area contributed by atoms with Gasteiger partial charge in [0.15, 0.2) is 0 Å². The fourth-order valence-corrected chi connectivity index (χ4v) is 3.67. The molecule has 4 heterocycles. The Kier molecular flexibility index (Phi) is 4.06. The zero-order valence-electron chi connectivity index (χ0n) is 14.9. The highest BCUT2D eigenvalue weighted by molar-refractivity contribution is 5.97.